The van der Waals surface area contributed by atoms with Gasteiger partial charge in [0.25, 0.3) is 0 Å². The van der Waals surface area contributed by atoms with Crippen molar-refractivity contribution in [3.8, 4) is 0 Å². The van der Waals surface area contributed by atoms with E-state index in [0.717, 1.165) is 24.5 Å². The van der Waals surface area contributed by atoms with E-state index < -0.39 is 0 Å². The van der Waals surface area contributed by atoms with Gasteiger partial charge in [-0.25, -0.2) is 0 Å². The molecule has 0 unspecified atom stereocenters. The first-order valence-electron chi connectivity index (χ1n) is 6.49. The van der Waals surface area contributed by atoms with E-state index in [1.807, 2.05) is 12.1 Å². The summed E-state index contributed by atoms with van der Waals surface area (Å²) in [5, 5.41) is 11.2. The Kier molecular flexibility index (Phi) is 3.49. The van der Waals surface area contributed by atoms with Crippen LogP contribution in [-0.4, -0.2) is 33.3 Å². The second-order valence-corrected chi connectivity index (χ2v) is 4.54. The highest BCUT2D eigenvalue weighted by Gasteiger charge is 2.14. The van der Waals surface area contributed by atoms with Crippen LogP contribution >= 0.6 is 0 Å². The Hall–Kier alpha value is -2.24. The zero-order chi connectivity index (χ0) is 12.9. The van der Waals surface area contributed by atoms with E-state index in [-0.39, 0.29) is 0 Å². The van der Waals surface area contributed by atoms with Crippen molar-refractivity contribution in [2.75, 3.05) is 23.3 Å². The van der Waals surface area contributed by atoms with E-state index in [2.05, 4.69) is 30.4 Å². The Balaban J connectivity index is 1.66. The van der Waals surface area contributed by atoms with E-state index in [0.29, 0.717) is 12.5 Å². The molecule has 1 fully saturated rings. The molecule has 0 bridgehead atoms. The fraction of sp³-hybridized carbons (Fsp3) is 0.385. The number of hydrogen-bond donors (Lipinski definition) is 1. The third kappa shape index (κ3) is 2.96. The normalized spacial score (nSPS) is 14.6. The van der Waals surface area contributed by atoms with Crippen LogP contribution in [0.3, 0.4) is 0 Å². The number of nitrogens with zero attached hydrogens (tertiary/aromatic N) is 5. The van der Waals surface area contributed by atoms with Crippen molar-refractivity contribution in [1.29, 1.82) is 0 Å². The maximum Gasteiger partial charge on any atom is 0.244 e. The summed E-state index contributed by atoms with van der Waals surface area (Å²) in [5.74, 6) is 1.48. The topological polar surface area (TPSA) is 66.8 Å². The molecule has 6 heteroatoms. The fourth-order valence-corrected chi connectivity index (χ4v) is 2.15. The summed E-state index contributed by atoms with van der Waals surface area (Å²) in [5.41, 5.74) is 1.14. The van der Waals surface area contributed by atoms with Crippen molar-refractivity contribution in [3.63, 3.8) is 0 Å². The quantitative estimate of drug-likeness (QED) is 0.893. The standard InChI is InChI=1S/C13H16N6/c1-2-8-19(7-1)12-10-16-18-13(17-12)15-9-11-3-5-14-6-4-11/h3-6,10H,1-2,7-9H2,(H,15,17,18). The minimum absolute atomic E-state index is 0.571. The lowest BCUT2D eigenvalue weighted by atomic mass is 10.3. The summed E-state index contributed by atoms with van der Waals surface area (Å²) in [6.07, 6.45) is 7.73. The van der Waals surface area contributed by atoms with Gasteiger partial charge in [0.1, 0.15) is 0 Å². The van der Waals surface area contributed by atoms with Gasteiger partial charge in [0.05, 0.1) is 6.20 Å². The van der Waals surface area contributed by atoms with Crippen LogP contribution in [-0.2, 0) is 6.54 Å². The molecule has 1 aliphatic rings. The van der Waals surface area contributed by atoms with Crippen LogP contribution in [0.25, 0.3) is 0 Å². The smallest absolute Gasteiger partial charge is 0.244 e. The molecule has 0 saturated carbocycles. The molecular weight excluding hydrogens is 240 g/mol. The average molecular weight is 256 g/mol. The van der Waals surface area contributed by atoms with Crippen molar-refractivity contribution in [1.82, 2.24) is 20.2 Å². The summed E-state index contributed by atoms with van der Waals surface area (Å²) in [7, 11) is 0. The first-order chi connectivity index (χ1) is 9.42. The third-order valence-corrected chi connectivity index (χ3v) is 3.18. The highest BCUT2D eigenvalue weighted by atomic mass is 15.3. The van der Waals surface area contributed by atoms with Crippen molar-refractivity contribution in [2.45, 2.75) is 19.4 Å². The van der Waals surface area contributed by atoms with E-state index in [1.54, 1.807) is 18.6 Å². The number of nitrogens with one attached hydrogen (secondary N) is 1. The number of hydrogen-bond acceptors (Lipinski definition) is 6. The lowest BCUT2D eigenvalue weighted by Crippen LogP contribution is -2.20. The highest BCUT2D eigenvalue weighted by Crippen LogP contribution is 2.17. The van der Waals surface area contributed by atoms with Gasteiger partial charge in [-0.2, -0.15) is 10.1 Å². The molecule has 0 radical (unpaired) electrons. The maximum absolute atomic E-state index is 4.50. The second kappa shape index (κ2) is 5.60. The van der Waals surface area contributed by atoms with Gasteiger partial charge in [0, 0.05) is 32.0 Å². The molecule has 3 rings (SSSR count). The van der Waals surface area contributed by atoms with Gasteiger partial charge in [-0.1, -0.05) is 0 Å². The summed E-state index contributed by atoms with van der Waals surface area (Å²) >= 11 is 0. The number of anilines is 2. The average Bonchev–Trinajstić information content (AvgIpc) is 3.01. The van der Waals surface area contributed by atoms with Crippen molar-refractivity contribution >= 4 is 11.8 Å². The molecule has 19 heavy (non-hydrogen) atoms. The van der Waals surface area contributed by atoms with Gasteiger partial charge in [0.15, 0.2) is 5.82 Å². The van der Waals surface area contributed by atoms with E-state index in [9.17, 15) is 0 Å². The van der Waals surface area contributed by atoms with Crippen LogP contribution < -0.4 is 10.2 Å². The van der Waals surface area contributed by atoms with Crippen LogP contribution in [0.1, 0.15) is 18.4 Å². The van der Waals surface area contributed by atoms with Crippen LogP contribution in [0, 0.1) is 0 Å². The minimum atomic E-state index is 0.571. The summed E-state index contributed by atoms with van der Waals surface area (Å²) in [4.78, 5) is 10.7. The first-order valence-corrected chi connectivity index (χ1v) is 6.49. The zero-order valence-corrected chi connectivity index (χ0v) is 10.7. The molecule has 6 nitrogen and oxygen atoms in total. The lowest BCUT2D eigenvalue weighted by Gasteiger charge is -2.15. The predicted molar refractivity (Wildman–Crippen MR) is 72.8 cm³/mol. The molecule has 2 aromatic rings. The zero-order valence-electron chi connectivity index (χ0n) is 10.7. The van der Waals surface area contributed by atoms with Crippen molar-refractivity contribution in [3.05, 3.63) is 36.3 Å². The van der Waals surface area contributed by atoms with Gasteiger partial charge >= 0.3 is 0 Å². The maximum atomic E-state index is 4.50. The van der Waals surface area contributed by atoms with Gasteiger partial charge in [-0.05, 0) is 30.5 Å². The first kappa shape index (κ1) is 11.8. The molecule has 0 spiro atoms. The molecule has 98 valence electrons. The van der Waals surface area contributed by atoms with Gasteiger partial charge in [-0.3, -0.25) is 4.98 Å². The van der Waals surface area contributed by atoms with Gasteiger partial charge in [0.2, 0.25) is 5.95 Å². The summed E-state index contributed by atoms with van der Waals surface area (Å²) in [6, 6.07) is 3.93. The molecule has 0 aliphatic carbocycles. The summed E-state index contributed by atoms with van der Waals surface area (Å²) in [6.45, 7) is 2.79. The number of aromatic nitrogens is 4. The van der Waals surface area contributed by atoms with E-state index >= 15 is 0 Å². The van der Waals surface area contributed by atoms with Gasteiger partial charge in [-0.15, -0.1) is 5.10 Å². The molecule has 1 aliphatic heterocycles. The Morgan fingerprint density at radius 3 is 2.74 bits per heavy atom. The predicted octanol–water partition coefficient (Wildman–Crippen LogP) is 1.48. The molecular formula is C13H16N6. The molecule has 0 aromatic carbocycles. The molecule has 0 atom stereocenters. The van der Waals surface area contributed by atoms with Gasteiger partial charge < -0.3 is 10.2 Å². The van der Waals surface area contributed by atoms with Crippen LogP contribution in [0.2, 0.25) is 0 Å². The Morgan fingerprint density at radius 2 is 1.95 bits per heavy atom. The number of rotatable bonds is 4. The molecule has 1 N–H and O–H groups in total. The molecule has 3 heterocycles. The van der Waals surface area contributed by atoms with Crippen molar-refractivity contribution in [2.24, 2.45) is 0 Å². The van der Waals surface area contributed by atoms with Crippen LogP contribution in [0.5, 0.6) is 0 Å². The Labute approximate surface area is 111 Å². The third-order valence-electron chi connectivity index (χ3n) is 3.18. The Bertz CT molecular complexity index is 524. The van der Waals surface area contributed by atoms with E-state index in [1.165, 1.54) is 12.8 Å². The largest absolute Gasteiger partial charge is 0.355 e. The number of pyridine rings is 1. The second-order valence-electron chi connectivity index (χ2n) is 4.54. The minimum Gasteiger partial charge on any atom is -0.355 e. The molecule has 1 saturated heterocycles. The van der Waals surface area contributed by atoms with Crippen LogP contribution in [0.15, 0.2) is 30.7 Å². The summed E-state index contributed by atoms with van der Waals surface area (Å²) < 4.78 is 0. The highest BCUT2D eigenvalue weighted by molar-refractivity contribution is 5.41. The monoisotopic (exact) mass is 256 g/mol. The SMILES string of the molecule is c1cc(CNc2nncc(N3CCCC3)n2)ccn1. The molecule has 2 aromatic heterocycles. The van der Waals surface area contributed by atoms with Crippen molar-refractivity contribution < 1.29 is 0 Å². The van der Waals surface area contributed by atoms with Crippen LogP contribution in [0.4, 0.5) is 11.8 Å². The fourth-order valence-electron chi connectivity index (χ4n) is 2.15. The van der Waals surface area contributed by atoms with E-state index in [4.69, 9.17) is 0 Å². The lowest BCUT2D eigenvalue weighted by molar-refractivity contribution is 0.879. The molecule has 0 amide bonds. The Morgan fingerprint density at radius 1 is 1.16 bits per heavy atom.